The number of hydrogen-bond donors (Lipinski definition) is 2. The number of fused-ring (bicyclic) bond motifs is 2. The number of hydrazine groups is 2. The van der Waals surface area contributed by atoms with Crippen molar-refractivity contribution in [2.75, 3.05) is 25.8 Å². The Morgan fingerprint density at radius 1 is 1.27 bits per heavy atom. The summed E-state index contributed by atoms with van der Waals surface area (Å²) in [5.74, 6) is 0.170. The van der Waals surface area contributed by atoms with Gasteiger partial charge in [0.2, 0.25) is 12.3 Å². The number of nitrogens with zero attached hydrogens (tertiary/aromatic N) is 6. The van der Waals surface area contributed by atoms with Gasteiger partial charge >= 0.3 is 0 Å². The van der Waals surface area contributed by atoms with Gasteiger partial charge in [0.25, 0.3) is 5.95 Å². The number of hydroxylamine groups is 2. The predicted molar refractivity (Wildman–Crippen MR) is 93.6 cm³/mol. The number of anilines is 1. The zero-order chi connectivity index (χ0) is 18.9. The maximum Gasteiger partial charge on any atom is 0.263 e. The summed E-state index contributed by atoms with van der Waals surface area (Å²) in [7, 11) is 3.51. The Balaban J connectivity index is 2.24. The number of amides is 2. The van der Waals surface area contributed by atoms with Gasteiger partial charge in [-0.3, -0.25) is 14.8 Å². The number of carbonyl (C=O) groups is 2. The van der Waals surface area contributed by atoms with Gasteiger partial charge in [0.15, 0.2) is 0 Å². The van der Waals surface area contributed by atoms with E-state index < -0.39 is 5.92 Å². The van der Waals surface area contributed by atoms with Gasteiger partial charge in [-0.05, 0) is 12.8 Å². The summed E-state index contributed by atoms with van der Waals surface area (Å²) in [6, 6.07) is 0. The molecule has 2 bridgehead atoms. The van der Waals surface area contributed by atoms with Crippen LogP contribution >= 0.6 is 0 Å². The Morgan fingerprint density at radius 2 is 2.00 bits per heavy atom. The van der Waals surface area contributed by atoms with Crippen molar-refractivity contribution in [3.8, 4) is 0 Å². The van der Waals surface area contributed by atoms with Crippen LogP contribution < -0.4 is 10.5 Å². The van der Waals surface area contributed by atoms with Crippen LogP contribution in [0.1, 0.15) is 44.3 Å². The highest BCUT2D eigenvalue weighted by Gasteiger charge is 2.25. The van der Waals surface area contributed by atoms with Gasteiger partial charge in [-0.1, -0.05) is 25.7 Å². The molecule has 2 amide bonds. The van der Waals surface area contributed by atoms with E-state index >= 15 is 0 Å². The second-order valence-corrected chi connectivity index (χ2v) is 6.57. The first-order chi connectivity index (χ1) is 12.5. The summed E-state index contributed by atoms with van der Waals surface area (Å²) in [4.78, 5) is 36.3. The SMILES string of the molecule is CN(C)N1NC(=O)[C@@H](CN(O)C=O)CCCCCCCc2ncnc1n2. The van der Waals surface area contributed by atoms with E-state index in [1.165, 1.54) is 11.4 Å². The van der Waals surface area contributed by atoms with Gasteiger partial charge in [-0.25, -0.2) is 20.5 Å². The molecule has 0 spiro atoms. The molecule has 1 aromatic rings. The van der Waals surface area contributed by atoms with Crippen LogP contribution in [0.5, 0.6) is 0 Å². The molecule has 1 aliphatic heterocycles. The third-order valence-corrected chi connectivity index (χ3v) is 4.27. The summed E-state index contributed by atoms with van der Waals surface area (Å²) in [6.45, 7) is -0.0565. The molecule has 0 saturated carbocycles. The van der Waals surface area contributed by atoms with E-state index in [2.05, 4.69) is 20.4 Å². The van der Waals surface area contributed by atoms with E-state index in [4.69, 9.17) is 0 Å². The average molecular weight is 365 g/mol. The van der Waals surface area contributed by atoms with Crippen LogP contribution in [-0.2, 0) is 16.0 Å². The van der Waals surface area contributed by atoms with Crippen molar-refractivity contribution in [2.24, 2.45) is 5.92 Å². The van der Waals surface area contributed by atoms with Crippen molar-refractivity contribution in [3.05, 3.63) is 12.2 Å². The van der Waals surface area contributed by atoms with E-state index in [0.29, 0.717) is 29.7 Å². The fourth-order valence-electron chi connectivity index (χ4n) is 2.85. The van der Waals surface area contributed by atoms with Crippen LogP contribution in [0.2, 0.25) is 0 Å². The minimum Gasteiger partial charge on any atom is -0.286 e. The van der Waals surface area contributed by atoms with Gasteiger partial charge in [0.1, 0.15) is 12.2 Å². The summed E-state index contributed by atoms with van der Waals surface area (Å²) < 4.78 is 0. The lowest BCUT2D eigenvalue weighted by Crippen LogP contribution is -2.54. The summed E-state index contributed by atoms with van der Waals surface area (Å²) in [5.41, 5.74) is 2.77. The van der Waals surface area contributed by atoms with Crippen LogP contribution in [0.25, 0.3) is 0 Å². The molecule has 2 rings (SSSR count). The lowest BCUT2D eigenvalue weighted by atomic mass is 9.99. The maximum atomic E-state index is 12.7. The van der Waals surface area contributed by atoms with Gasteiger partial charge in [-0.2, -0.15) is 15.1 Å². The Labute approximate surface area is 153 Å². The first-order valence-electron chi connectivity index (χ1n) is 8.88. The molecular formula is C16H27N7O3. The summed E-state index contributed by atoms with van der Waals surface area (Å²) >= 11 is 0. The molecule has 10 heteroatoms. The van der Waals surface area contributed by atoms with E-state index in [9.17, 15) is 14.8 Å². The largest absolute Gasteiger partial charge is 0.286 e. The molecule has 0 aliphatic carbocycles. The van der Waals surface area contributed by atoms with Crippen LogP contribution in [0.3, 0.4) is 0 Å². The molecule has 0 radical (unpaired) electrons. The molecule has 10 nitrogen and oxygen atoms in total. The van der Waals surface area contributed by atoms with E-state index in [1.807, 2.05) is 0 Å². The molecule has 2 heterocycles. The molecule has 0 fully saturated rings. The zero-order valence-corrected chi connectivity index (χ0v) is 15.3. The monoisotopic (exact) mass is 365 g/mol. The highest BCUT2D eigenvalue weighted by molar-refractivity contribution is 5.80. The maximum absolute atomic E-state index is 12.7. The lowest BCUT2D eigenvalue weighted by Gasteiger charge is -2.30. The standard InChI is InChI=1S/C16H27N7O3/c1-21(2)23-16-18-11-17-14(19-16)9-7-5-3-4-6-8-13(15(25)20-23)10-22(26)12-24/h11-13,26H,3-10H2,1-2H3,(H,20,25)/t13-/m1/s1. The highest BCUT2D eigenvalue weighted by atomic mass is 16.5. The number of rotatable bonds is 4. The van der Waals surface area contributed by atoms with Crippen molar-refractivity contribution < 1.29 is 14.8 Å². The Morgan fingerprint density at radius 3 is 2.73 bits per heavy atom. The second kappa shape index (κ2) is 9.97. The van der Waals surface area contributed by atoms with E-state index in [0.717, 1.165) is 38.5 Å². The molecular weight excluding hydrogens is 338 g/mol. The fraction of sp³-hybridized carbons (Fsp3) is 0.688. The van der Waals surface area contributed by atoms with Crippen molar-refractivity contribution in [2.45, 2.75) is 44.9 Å². The van der Waals surface area contributed by atoms with E-state index in [-0.39, 0.29) is 12.5 Å². The number of hydrogen-bond acceptors (Lipinski definition) is 8. The van der Waals surface area contributed by atoms with Crippen molar-refractivity contribution in [3.63, 3.8) is 0 Å². The van der Waals surface area contributed by atoms with Gasteiger partial charge in [0, 0.05) is 20.5 Å². The summed E-state index contributed by atoms with van der Waals surface area (Å²) in [5, 5.41) is 13.1. The Kier molecular flexibility index (Phi) is 7.67. The summed E-state index contributed by atoms with van der Waals surface area (Å²) in [6.07, 6.45) is 8.07. The first kappa shape index (κ1) is 20.0. The Hall–Kier alpha value is -2.33. The molecule has 144 valence electrons. The van der Waals surface area contributed by atoms with Crippen LogP contribution in [0.4, 0.5) is 5.95 Å². The predicted octanol–water partition coefficient (Wildman–Crippen LogP) is 0.546. The molecule has 2 N–H and O–H groups in total. The van der Waals surface area contributed by atoms with Crippen molar-refractivity contribution in [1.82, 2.24) is 30.4 Å². The number of aryl methyl sites for hydroxylation is 1. The minimum absolute atomic E-state index is 0.0565. The van der Waals surface area contributed by atoms with Crippen LogP contribution in [-0.4, -0.2) is 63.2 Å². The molecule has 0 aromatic carbocycles. The first-order valence-corrected chi connectivity index (χ1v) is 8.88. The number of aromatic nitrogens is 3. The topological polar surface area (TPSA) is 115 Å². The smallest absolute Gasteiger partial charge is 0.263 e. The van der Waals surface area contributed by atoms with Gasteiger partial charge in [-0.15, -0.1) is 0 Å². The number of carbonyl (C=O) groups excluding carboxylic acids is 2. The molecule has 1 aromatic heterocycles. The fourth-order valence-corrected chi connectivity index (χ4v) is 2.85. The number of nitrogens with one attached hydrogen (secondary N) is 1. The van der Waals surface area contributed by atoms with Gasteiger partial charge < -0.3 is 0 Å². The Bertz CT molecular complexity index is 599. The molecule has 26 heavy (non-hydrogen) atoms. The molecule has 1 aliphatic rings. The second-order valence-electron chi connectivity index (χ2n) is 6.57. The third-order valence-electron chi connectivity index (χ3n) is 4.27. The van der Waals surface area contributed by atoms with E-state index in [1.54, 1.807) is 19.1 Å². The molecule has 0 saturated heterocycles. The van der Waals surface area contributed by atoms with Crippen molar-refractivity contribution in [1.29, 1.82) is 0 Å². The normalized spacial score (nSPS) is 19.6. The minimum atomic E-state index is -0.531. The van der Waals surface area contributed by atoms with Crippen LogP contribution in [0, 0.1) is 5.92 Å². The molecule has 0 unspecified atom stereocenters. The lowest BCUT2D eigenvalue weighted by molar-refractivity contribution is -0.154. The van der Waals surface area contributed by atoms with Gasteiger partial charge in [0.05, 0.1) is 12.5 Å². The van der Waals surface area contributed by atoms with Crippen LogP contribution in [0.15, 0.2) is 6.33 Å². The average Bonchev–Trinajstić information content (AvgIpc) is 2.63. The quantitative estimate of drug-likeness (QED) is 0.451. The third kappa shape index (κ3) is 5.88. The molecule has 1 atom stereocenters. The highest BCUT2D eigenvalue weighted by Crippen LogP contribution is 2.16. The zero-order valence-electron chi connectivity index (χ0n) is 15.3. The van der Waals surface area contributed by atoms with Crippen molar-refractivity contribution >= 4 is 18.3 Å².